The smallest absolute Gasteiger partial charge is 0.0700 e. The van der Waals surface area contributed by atoms with Crippen LogP contribution in [0, 0.1) is 6.92 Å². The van der Waals surface area contributed by atoms with Crippen molar-refractivity contribution in [2.45, 2.75) is 25.4 Å². The zero-order valence-electron chi connectivity index (χ0n) is 6.44. The fraction of sp³-hybridized carbons (Fsp3) is 0.875. The van der Waals surface area contributed by atoms with Crippen LogP contribution in [-0.2, 0) is 4.74 Å². The molecule has 1 aliphatic heterocycles. The molecule has 1 N–H and O–H groups in total. The van der Waals surface area contributed by atoms with Gasteiger partial charge in [-0.1, -0.05) is 6.92 Å². The lowest BCUT2D eigenvalue weighted by molar-refractivity contribution is 0.110. The van der Waals surface area contributed by atoms with Crippen molar-refractivity contribution >= 4 is 0 Å². The highest BCUT2D eigenvalue weighted by Crippen LogP contribution is 2.10. The first-order valence-electron chi connectivity index (χ1n) is 4.05. The molecule has 1 unspecified atom stereocenters. The fourth-order valence-corrected chi connectivity index (χ4v) is 1.19. The van der Waals surface area contributed by atoms with E-state index in [1.807, 2.05) is 0 Å². The van der Waals surface area contributed by atoms with Crippen LogP contribution >= 0.6 is 0 Å². The van der Waals surface area contributed by atoms with Crippen molar-refractivity contribution in [1.82, 2.24) is 5.32 Å². The Bertz CT molecular complexity index is 79.3. The Morgan fingerprint density at radius 1 is 1.60 bits per heavy atom. The van der Waals surface area contributed by atoms with E-state index < -0.39 is 0 Å². The third kappa shape index (κ3) is 2.67. The van der Waals surface area contributed by atoms with Gasteiger partial charge in [-0.15, -0.1) is 0 Å². The lowest BCUT2D eigenvalue weighted by Gasteiger charge is -2.08. The molecule has 0 bridgehead atoms. The molecule has 0 aromatic heterocycles. The maximum atomic E-state index is 5.42. The summed E-state index contributed by atoms with van der Waals surface area (Å²) >= 11 is 0. The Hall–Kier alpha value is -0.0800. The molecule has 0 aromatic rings. The summed E-state index contributed by atoms with van der Waals surface area (Å²) in [7, 11) is 0. The first-order chi connectivity index (χ1) is 4.93. The molecule has 1 radical (unpaired) electrons. The standard InChI is InChI=1S/C8H16NO/c1-2-5-9-7-8-4-3-6-10-8/h8-9H,1-7H2. The van der Waals surface area contributed by atoms with Gasteiger partial charge in [0, 0.05) is 13.2 Å². The third-order valence-electron chi connectivity index (χ3n) is 1.75. The molecule has 2 heteroatoms. The Balaban J connectivity index is 1.91. The van der Waals surface area contributed by atoms with E-state index in [1.165, 1.54) is 12.8 Å². The molecule has 0 amide bonds. The molecule has 0 aromatic carbocycles. The van der Waals surface area contributed by atoms with Gasteiger partial charge < -0.3 is 10.1 Å². The van der Waals surface area contributed by atoms with Crippen LogP contribution in [0.25, 0.3) is 0 Å². The van der Waals surface area contributed by atoms with E-state index in [1.54, 1.807) is 0 Å². The highest BCUT2D eigenvalue weighted by Gasteiger charge is 2.13. The molecule has 59 valence electrons. The second-order valence-electron chi connectivity index (χ2n) is 2.69. The summed E-state index contributed by atoms with van der Waals surface area (Å²) in [6.45, 7) is 6.72. The second kappa shape index (κ2) is 4.69. The monoisotopic (exact) mass is 142 g/mol. The largest absolute Gasteiger partial charge is 0.377 e. The van der Waals surface area contributed by atoms with Gasteiger partial charge in [-0.3, -0.25) is 0 Å². The highest BCUT2D eigenvalue weighted by molar-refractivity contribution is 4.67. The molecular weight excluding hydrogens is 126 g/mol. The maximum Gasteiger partial charge on any atom is 0.0700 e. The van der Waals surface area contributed by atoms with Crippen molar-refractivity contribution in [2.75, 3.05) is 19.7 Å². The van der Waals surface area contributed by atoms with E-state index in [-0.39, 0.29) is 0 Å². The number of hydrogen-bond donors (Lipinski definition) is 1. The van der Waals surface area contributed by atoms with Gasteiger partial charge >= 0.3 is 0 Å². The van der Waals surface area contributed by atoms with Crippen LogP contribution in [0.5, 0.6) is 0 Å². The van der Waals surface area contributed by atoms with E-state index in [0.29, 0.717) is 6.10 Å². The summed E-state index contributed by atoms with van der Waals surface area (Å²) in [4.78, 5) is 0. The van der Waals surface area contributed by atoms with Gasteiger partial charge in [0.15, 0.2) is 0 Å². The summed E-state index contributed by atoms with van der Waals surface area (Å²) in [5.41, 5.74) is 0. The zero-order chi connectivity index (χ0) is 7.23. The molecule has 1 heterocycles. The maximum absolute atomic E-state index is 5.42. The van der Waals surface area contributed by atoms with Crippen molar-refractivity contribution in [3.05, 3.63) is 6.92 Å². The molecule has 10 heavy (non-hydrogen) atoms. The summed E-state index contributed by atoms with van der Waals surface area (Å²) in [5.74, 6) is 0. The number of hydrogen-bond acceptors (Lipinski definition) is 2. The van der Waals surface area contributed by atoms with Crippen LogP contribution in [0.1, 0.15) is 19.3 Å². The predicted octanol–water partition coefficient (Wildman–Crippen LogP) is 0.979. The molecule has 0 spiro atoms. The van der Waals surface area contributed by atoms with Gasteiger partial charge in [0.2, 0.25) is 0 Å². The zero-order valence-corrected chi connectivity index (χ0v) is 6.44. The van der Waals surface area contributed by atoms with Gasteiger partial charge in [0.1, 0.15) is 0 Å². The van der Waals surface area contributed by atoms with Crippen LogP contribution in [0.2, 0.25) is 0 Å². The molecule has 1 atom stereocenters. The Labute approximate surface area is 63.0 Å². The second-order valence-corrected chi connectivity index (χ2v) is 2.69. The first-order valence-corrected chi connectivity index (χ1v) is 4.05. The Morgan fingerprint density at radius 3 is 3.10 bits per heavy atom. The molecule has 0 aliphatic carbocycles. The first kappa shape index (κ1) is 8.02. The minimum absolute atomic E-state index is 0.478. The lowest BCUT2D eigenvalue weighted by atomic mass is 10.2. The van der Waals surface area contributed by atoms with Crippen molar-refractivity contribution in [3.63, 3.8) is 0 Å². The fourth-order valence-electron chi connectivity index (χ4n) is 1.19. The van der Waals surface area contributed by atoms with Crippen LogP contribution in [0.15, 0.2) is 0 Å². The molecule has 1 rings (SSSR count). The summed E-state index contributed by atoms with van der Waals surface area (Å²) < 4.78 is 5.42. The molecular formula is C8H16NO. The number of ether oxygens (including phenoxy) is 1. The van der Waals surface area contributed by atoms with Crippen molar-refractivity contribution in [2.24, 2.45) is 0 Å². The summed E-state index contributed by atoms with van der Waals surface area (Å²) in [6.07, 6.45) is 3.90. The van der Waals surface area contributed by atoms with E-state index in [0.717, 1.165) is 26.1 Å². The Kier molecular flexibility index (Phi) is 3.76. The van der Waals surface area contributed by atoms with Crippen molar-refractivity contribution < 1.29 is 4.74 Å². The van der Waals surface area contributed by atoms with Gasteiger partial charge in [-0.2, -0.15) is 0 Å². The third-order valence-corrected chi connectivity index (χ3v) is 1.75. The highest BCUT2D eigenvalue weighted by atomic mass is 16.5. The molecule has 1 aliphatic rings. The van der Waals surface area contributed by atoms with Crippen molar-refractivity contribution in [1.29, 1.82) is 0 Å². The molecule has 2 nitrogen and oxygen atoms in total. The Morgan fingerprint density at radius 2 is 2.50 bits per heavy atom. The van der Waals surface area contributed by atoms with E-state index >= 15 is 0 Å². The topological polar surface area (TPSA) is 21.3 Å². The SMILES string of the molecule is [CH2]CCNCC1CCCO1. The molecule has 0 saturated carbocycles. The average molecular weight is 142 g/mol. The number of rotatable bonds is 4. The van der Waals surface area contributed by atoms with Gasteiger partial charge in [-0.25, -0.2) is 0 Å². The molecule has 1 fully saturated rings. The quantitative estimate of drug-likeness (QED) is 0.591. The minimum atomic E-state index is 0.478. The number of nitrogens with one attached hydrogen (secondary N) is 1. The van der Waals surface area contributed by atoms with Gasteiger partial charge in [0.25, 0.3) is 0 Å². The van der Waals surface area contributed by atoms with Crippen LogP contribution in [0.4, 0.5) is 0 Å². The lowest BCUT2D eigenvalue weighted by Crippen LogP contribution is -2.26. The van der Waals surface area contributed by atoms with Crippen molar-refractivity contribution in [3.8, 4) is 0 Å². The summed E-state index contributed by atoms with van der Waals surface area (Å²) in [6, 6.07) is 0. The van der Waals surface area contributed by atoms with Crippen LogP contribution < -0.4 is 5.32 Å². The van der Waals surface area contributed by atoms with Crippen LogP contribution in [-0.4, -0.2) is 25.8 Å². The van der Waals surface area contributed by atoms with Crippen LogP contribution in [0.3, 0.4) is 0 Å². The minimum Gasteiger partial charge on any atom is -0.377 e. The normalized spacial score (nSPS) is 25.5. The molecule has 1 saturated heterocycles. The predicted molar refractivity (Wildman–Crippen MR) is 41.8 cm³/mol. The summed E-state index contributed by atoms with van der Waals surface area (Å²) in [5, 5.41) is 3.29. The average Bonchev–Trinajstić information content (AvgIpc) is 2.41. The van der Waals surface area contributed by atoms with E-state index in [4.69, 9.17) is 4.74 Å². The van der Waals surface area contributed by atoms with E-state index in [9.17, 15) is 0 Å². The van der Waals surface area contributed by atoms with E-state index in [2.05, 4.69) is 12.2 Å². The van der Waals surface area contributed by atoms with Gasteiger partial charge in [-0.05, 0) is 25.8 Å². The van der Waals surface area contributed by atoms with Gasteiger partial charge in [0.05, 0.1) is 6.10 Å².